The summed E-state index contributed by atoms with van der Waals surface area (Å²) in [7, 11) is 0. The first kappa shape index (κ1) is 24.0. The number of hydrogen-bond donors (Lipinski definition) is 4. The van der Waals surface area contributed by atoms with Crippen LogP contribution in [0.3, 0.4) is 0 Å². The van der Waals surface area contributed by atoms with E-state index in [4.69, 9.17) is 27.8 Å². The van der Waals surface area contributed by atoms with Crippen LogP contribution in [0, 0.1) is 5.41 Å². The number of amidine groups is 1. The number of nitrogens with zero attached hydrogens (tertiary/aromatic N) is 2. The van der Waals surface area contributed by atoms with Crippen LogP contribution in [0.25, 0.3) is 11.1 Å². The number of imidazole rings is 1. The lowest BCUT2D eigenvalue weighted by molar-refractivity contribution is 0.521. The van der Waals surface area contributed by atoms with E-state index in [9.17, 15) is 0 Å². The Morgan fingerprint density at radius 1 is 1.12 bits per heavy atom. The molecule has 0 aliphatic rings. The van der Waals surface area contributed by atoms with E-state index in [1.165, 1.54) is 5.56 Å². The predicted molar refractivity (Wildman–Crippen MR) is 133 cm³/mol. The topological polar surface area (TPSA) is 91.8 Å². The first-order valence-corrected chi connectivity index (χ1v) is 11.4. The normalized spacial score (nSPS) is 11.6. The molecule has 0 saturated heterocycles. The minimum absolute atomic E-state index is 0.0994. The van der Waals surface area contributed by atoms with Gasteiger partial charge in [-0.1, -0.05) is 94.2 Å². The molecule has 0 spiro atoms. The summed E-state index contributed by atoms with van der Waals surface area (Å²) >= 11 is 6.59. The maximum Gasteiger partial charge on any atom is 0.151 e. The monoisotopic (exact) mass is 452 g/mol. The lowest BCUT2D eigenvalue weighted by atomic mass is 9.92. The number of hydrazine groups is 2. The molecule has 0 fully saturated rings. The van der Waals surface area contributed by atoms with Gasteiger partial charge in [-0.3, -0.25) is 16.7 Å². The summed E-state index contributed by atoms with van der Waals surface area (Å²) < 4.78 is 2.29. The molecular formula is C25H33ClN6. The SMILES string of the molecule is CCCCc1nc(Cl)c(C(C)(C)C)n1Cc1ccc(-c2ccccc2C(=N)NNN)cc1. The number of nitrogens with two attached hydrogens (primary N) is 1. The Morgan fingerprint density at radius 2 is 1.81 bits per heavy atom. The van der Waals surface area contributed by atoms with Crippen LogP contribution in [0.2, 0.25) is 5.15 Å². The van der Waals surface area contributed by atoms with Crippen molar-refractivity contribution in [1.82, 2.24) is 20.5 Å². The zero-order valence-corrected chi connectivity index (χ0v) is 20.1. The minimum atomic E-state index is -0.0994. The zero-order valence-electron chi connectivity index (χ0n) is 19.3. The number of nitrogens with one attached hydrogen (secondary N) is 3. The minimum Gasteiger partial charge on any atom is -0.326 e. The quantitative estimate of drug-likeness (QED) is 0.164. The van der Waals surface area contributed by atoms with Crippen LogP contribution in [0.4, 0.5) is 0 Å². The Hall–Kier alpha value is -2.67. The largest absolute Gasteiger partial charge is 0.326 e. The second-order valence-corrected chi connectivity index (χ2v) is 9.35. The number of unbranched alkanes of at least 4 members (excludes halogenated alkanes) is 1. The molecular weight excluding hydrogens is 420 g/mol. The fraction of sp³-hybridized carbons (Fsp3) is 0.360. The molecule has 6 nitrogen and oxygen atoms in total. The molecule has 3 aromatic rings. The number of halogens is 1. The van der Waals surface area contributed by atoms with E-state index in [0.29, 0.717) is 5.15 Å². The van der Waals surface area contributed by atoms with Gasteiger partial charge >= 0.3 is 0 Å². The summed E-state index contributed by atoms with van der Waals surface area (Å²) in [6.45, 7) is 9.44. The highest BCUT2D eigenvalue weighted by molar-refractivity contribution is 6.30. The van der Waals surface area contributed by atoms with Crippen LogP contribution in [0.5, 0.6) is 0 Å². The number of rotatable bonds is 8. The van der Waals surface area contributed by atoms with Gasteiger partial charge in [-0.25, -0.2) is 4.98 Å². The van der Waals surface area contributed by atoms with Crippen molar-refractivity contribution in [2.75, 3.05) is 0 Å². The molecule has 0 radical (unpaired) electrons. The molecule has 0 bridgehead atoms. The van der Waals surface area contributed by atoms with E-state index in [0.717, 1.165) is 54.0 Å². The van der Waals surface area contributed by atoms with E-state index in [1.807, 2.05) is 24.3 Å². The van der Waals surface area contributed by atoms with Gasteiger partial charge in [0.25, 0.3) is 0 Å². The van der Waals surface area contributed by atoms with Gasteiger partial charge in [-0.2, -0.15) is 5.53 Å². The predicted octanol–water partition coefficient (Wildman–Crippen LogP) is 5.19. The van der Waals surface area contributed by atoms with Crippen molar-refractivity contribution in [3.63, 3.8) is 0 Å². The molecule has 0 aliphatic heterocycles. The van der Waals surface area contributed by atoms with Gasteiger partial charge in [-0.05, 0) is 23.1 Å². The van der Waals surface area contributed by atoms with Crippen LogP contribution in [0.1, 0.15) is 63.2 Å². The maximum atomic E-state index is 8.20. The molecule has 32 heavy (non-hydrogen) atoms. The Bertz CT molecular complexity index is 1060. The fourth-order valence-corrected chi connectivity index (χ4v) is 4.43. The molecule has 5 N–H and O–H groups in total. The number of aromatic nitrogens is 2. The molecule has 0 saturated carbocycles. The van der Waals surface area contributed by atoms with Crippen LogP contribution < -0.4 is 16.8 Å². The summed E-state index contributed by atoms with van der Waals surface area (Å²) in [5.74, 6) is 6.58. The van der Waals surface area contributed by atoms with E-state index in [1.54, 1.807) is 0 Å². The van der Waals surface area contributed by atoms with Gasteiger partial charge < -0.3 is 4.57 Å². The smallest absolute Gasteiger partial charge is 0.151 e. The van der Waals surface area contributed by atoms with Crippen molar-refractivity contribution < 1.29 is 0 Å². The third kappa shape index (κ3) is 5.38. The molecule has 1 heterocycles. The molecule has 170 valence electrons. The van der Waals surface area contributed by atoms with Gasteiger partial charge in [0.1, 0.15) is 11.7 Å². The van der Waals surface area contributed by atoms with E-state index >= 15 is 0 Å². The first-order chi connectivity index (χ1) is 15.3. The summed E-state index contributed by atoms with van der Waals surface area (Å²) in [5.41, 5.74) is 9.92. The third-order valence-corrected chi connectivity index (χ3v) is 5.73. The van der Waals surface area contributed by atoms with Crippen molar-refractivity contribution in [2.24, 2.45) is 5.84 Å². The summed E-state index contributed by atoms with van der Waals surface area (Å²) in [5, 5.41) is 8.80. The molecule has 2 aromatic carbocycles. The molecule has 3 rings (SSSR count). The Balaban J connectivity index is 1.93. The molecule has 0 aliphatic carbocycles. The highest BCUT2D eigenvalue weighted by atomic mass is 35.5. The second kappa shape index (κ2) is 10.3. The van der Waals surface area contributed by atoms with Crippen molar-refractivity contribution in [1.29, 1.82) is 5.41 Å². The van der Waals surface area contributed by atoms with E-state index in [2.05, 4.69) is 67.5 Å². The van der Waals surface area contributed by atoms with Gasteiger partial charge in [0, 0.05) is 23.9 Å². The summed E-state index contributed by atoms with van der Waals surface area (Å²) in [6.07, 6.45) is 3.12. The standard InChI is InChI=1S/C25H33ClN6/c1-5-6-11-21-29-23(26)22(25(2,3)4)32(21)16-17-12-14-18(15-13-17)19-9-7-8-10-20(19)24(27)30-31-28/h7-10,12-15,31H,5-6,11,16,28H2,1-4H3,(H2,27,30). The molecule has 0 atom stereocenters. The van der Waals surface area contributed by atoms with Crippen LogP contribution in [0.15, 0.2) is 48.5 Å². The number of benzene rings is 2. The van der Waals surface area contributed by atoms with Crippen LogP contribution in [-0.2, 0) is 18.4 Å². The Morgan fingerprint density at radius 3 is 2.44 bits per heavy atom. The van der Waals surface area contributed by atoms with Gasteiger partial charge in [-0.15, -0.1) is 0 Å². The van der Waals surface area contributed by atoms with E-state index < -0.39 is 0 Å². The zero-order chi connectivity index (χ0) is 23.3. The first-order valence-electron chi connectivity index (χ1n) is 11.0. The molecule has 0 amide bonds. The highest BCUT2D eigenvalue weighted by Gasteiger charge is 2.26. The highest BCUT2D eigenvalue weighted by Crippen LogP contribution is 2.32. The average molecular weight is 453 g/mol. The molecule has 7 heteroatoms. The third-order valence-electron chi connectivity index (χ3n) is 5.47. The van der Waals surface area contributed by atoms with Crippen molar-refractivity contribution >= 4 is 17.4 Å². The lowest BCUT2D eigenvalue weighted by Gasteiger charge is -2.23. The lowest BCUT2D eigenvalue weighted by Crippen LogP contribution is -2.42. The van der Waals surface area contributed by atoms with Gasteiger partial charge in [0.2, 0.25) is 0 Å². The maximum absolute atomic E-state index is 8.20. The average Bonchev–Trinajstić information content (AvgIpc) is 3.08. The Labute approximate surface area is 195 Å². The number of aryl methyl sites for hydroxylation is 1. The van der Waals surface area contributed by atoms with Crippen molar-refractivity contribution in [3.05, 3.63) is 76.3 Å². The Kier molecular flexibility index (Phi) is 7.72. The summed E-state index contributed by atoms with van der Waals surface area (Å²) in [6, 6.07) is 16.2. The van der Waals surface area contributed by atoms with Crippen molar-refractivity contribution in [2.45, 2.75) is 58.9 Å². The molecule has 0 unspecified atom stereocenters. The number of hydrogen-bond acceptors (Lipinski definition) is 4. The fourth-order valence-electron chi connectivity index (χ4n) is 3.94. The molecule has 1 aromatic heterocycles. The summed E-state index contributed by atoms with van der Waals surface area (Å²) in [4.78, 5) is 4.71. The second-order valence-electron chi connectivity index (χ2n) is 8.99. The van der Waals surface area contributed by atoms with Crippen LogP contribution in [-0.4, -0.2) is 15.4 Å². The van der Waals surface area contributed by atoms with Crippen LogP contribution >= 0.6 is 11.6 Å². The van der Waals surface area contributed by atoms with Crippen molar-refractivity contribution in [3.8, 4) is 11.1 Å². The van der Waals surface area contributed by atoms with Gasteiger partial charge in [0.05, 0.1) is 5.69 Å². The van der Waals surface area contributed by atoms with E-state index in [-0.39, 0.29) is 11.3 Å². The van der Waals surface area contributed by atoms with Gasteiger partial charge in [0.15, 0.2) is 5.15 Å².